The van der Waals surface area contributed by atoms with Gasteiger partial charge in [0, 0.05) is 12.1 Å². The Morgan fingerprint density at radius 3 is 2.34 bits per heavy atom. The predicted molar refractivity (Wildman–Crippen MR) is 99.5 cm³/mol. The summed E-state index contributed by atoms with van der Waals surface area (Å²) in [7, 11) is 0. The number of fused-ring (bicyclic) bond motifs is 2. The second-order valence-corrected chi connectivity index (χ2v) is 7.52. The standard InChI is InChI=1S/C21H23NO7/c23-16(13-5-6-17-18(11-13)28-10-9-27-17)12-29-19(24)7-8-22-20(25)14-3-1-2-4-15(14)21(22)26/h5-6,11,14-15H,1-4,7-10,12H2/t14-,15-/m1/s1. The highest BCUT2D eigenvalue weighted by Crippen LogP contribution is 2.38. The number of imide groups is 1. The normalized spacial score (nSPS) is 23.0. The fraction of sp³-hybridized carbons (Fsp3) is 0.524. The van der Waals surface area contributed by atoms with E-state index in [9.17, 15) is 19.2 Å². The van der Waals surface area contributed by atoms with Crippen LogP contribution in [0, 0.1) is 11.8 Å². The highest BCUT2D eigenvalue weighted by Gasteiger charge is 2.47. The fourth-order valence-corrected chi connectivity index (χ4v) is 4.17. The number of benzene rings is 1. The zero-order valence-electron chi connectivity index (χ0n) is 16.1. The first-order valence-corrected chi connectivity index (χ1v) is 9.98. The lowest BCUT2D eigenvalue weighted by atomic mass is 9.81. The Labute approximate surface area is 168 Å². The fourth-order valence-electron chi connectivity index (χ4n) is 4.17. The molecule has 2 amide bonds. The number of amides is 2. The number of carbonyl (C=O) groups excluding carboxylic acids is 4. The van der Waals surface area contributed by atoms with E-state index in [0.717, 1.165) is 25.7 Å². The molecule has 0 aromatic heterocycles. The average molecular weight is 401 g/mol. The van der Waals surface area contributed by atoms with Gasteiger partial charge in [-0.3, -0.25) is 24.1 Å². The van der Waals surface area contributed by atoms with E-state index in [0.29, 0.717) is 30.3 Å². The number of ketones is 1. The van der Waals surface area contributed by atoms with Gasteiger partial charge in [0.2, 0.25) is 11.8 Å². The molecule has 8 heteroatoms. The first-order chi connectivity index (χ1) is 14.0. The maximum absolute atomic E-state index is 12.4. The highest BCUT2D eigenvalue weighted by atomic mass is 16.6. The van der Waals surface area contributed by atoms with Crippen LogP contribution in [0.3, 0.4) is 0 Å². The van der Waals surface area contributed by atoms with Crippen LogP contribution in [-0.2, 0) is 19.1 Å². The SMILES string of the molecule is O=C(CCN1C(=O)[C@@H]2CCCC[C@H]2C1=O)OCC(=O)c1ccc2c(c1)OCCO2. The van der Waals surface area contributed by atoms with Crippen molar-refractivity contribution in [3.8, 4) is 11.5 Å². The molecule has 154 valence electrons. The Morgan fingerprint density at radius 2 is 1.66 bits per heavy atom. The van der Waals surface area contributed by atoms with Gasteiger partial charge in [0.1, 0.15) is 13.2 Å². The number of hydrogen-bond acceptors (Lipinski definition) is 7. The molecule has 2 fully saturated rings. The van der Waals surface area contributed by atoms with Crippen molar-refractivity contribution in [3.05, 3.63) is 23.8 Å². The number of carbonyl (C=O) groups is 4. The van der Waals surface area contributed by atoms with Crippen LogP contribution in [0.1, 0.15) is 42.5 Å². The molecule has 0 radical (unpaired) electrons. The molecule has 1 saturated heterocycles. The Bertz CT molecular complexity index is 825. The number of likely N-dealkylation sites (tertiary alicyclic amines) is 1. The smallest absolute Gasteiger partial charge is 0.308 e. The summed E-state index contributed by atoms with van der Waals surface area (Å²) in [5, 5.41) is 0. The van der Waals surface area contributed by atoms with Crippen molar-refractivity contribution in [3.63, 3.8) is 0 Å². The van der Waals surface area contributed by atoms with E-state index < -0.39 is 12.6 Å². The summed E-state index contributed by atoms with van der Waals surface area (Å²) in [6.45, 7) is 0.462. The lowest BCUT2D eigenvalue weighted by molar-refractivity contribution is -0.145. The lowest BCUT2D eigenvalue weighted by Crippen LogP contribution is -2.33. The van der Waals surface area contributed by atoms with Gasteiger partial charge in [-0.15, -0.1) is 0 Å². The number of Topliss-reactive ketones (excluding diaryl/α,β-unsaturated/α-hetero) is 1. The van der Waals surface area contributed by atoms with Gasteiger partial charge in [-0.2, -0.15) is 0 Å². The van der Waals surface area contributed by atoms with Gasteiger partial charge in [-0.05, 0) is 31.0 Å². The third kappa shape index (κ3) is 3.97. The second-order valence-electron chi connectivity index (χ2n) is 7.52. The minimum atomic E-state index is -0.619. The lowest BCUT2D eigenvalue weighted by Gasteiger charge is -2.19. The van der Waals surface area contributed by atoms with Crippen molar-refractivity contribution < 1.29 is 33.4 Å². The van der Waals surface area contributed by atoms with E-state index in [1.165, 1.54) is 4.90 Å². The van der Waals surface area contributed by atoms with Crippen molar-refractivity contribution in [1.29, 1.82) is 0 Å². The van der Waals surface area contributed by atoms with Crippen LogP contribution in [0.2, 0.25) is 0 Å². The van der Waals surface area contributed by atoms with Crippen molar-refractivity contribution in [2.45, 2.75) is 32.1 Å². The van der Waals surface area contributed by atoms with E-state index in [2.05, 4.69) is 0 Å². The maximum Gasteiger partial charge on any atom is 0.308 e. The zero-order valence-corrected chi connectivity index (χ0v) is 16.1. The van der Waals surface area contributed by atoms with Gasteiger partial charge in [-0.1, -0.05) is 12.8 Å². The van der Waals surface area contributed by atoms with Gasteiger partial charge < -0.3 is 14.2 Å². The van der Waals surface area contributed by atoms with Crippen LogP contribution in [0.25, 0.3) is 0 Å². The molecule has 2 heterocycles. The third-order valence-electron chi connectivity index (χ3n) is 5.70. The largest absolute Gasteiger partial charge is 0.486 e. The van der Waals surface area contributed by atoms with Crippen LogP contribution in [0.5, 0.6) is 11.5 Å². The zero-order chi connectivity index (χ0) is 20.4. The molecule has 2 atom stereocenters. The van der Waals surface area contributed by atoms with E-state index in [1.807, 2.05) is 0 Å². The van der Waals surface area contributed by atoms with Crippen molar-refractivity contribution in [2.24, 2.45) is 11.8 Å². The van der Waals surface area contributed by atoms with Gasteiger partial charge in [0.05, 0.1) is 18.3 Å². The number of rotatable bonds is 6. The minimum Gasteiger partial charge on any atom is -0.486 e. The summed E-state index contributed by atoms with van der Waals surface area (Å²) in [5.74, 6) is -0.750. The summed E-state index contributed by atoms with van der Waals surface area (Å²) < 4.78 is 15.9. The van der Waals surface area contributed by atoms with Crippen LogP contribution >= 0.6 is 0 Å². The number of esters is 1. The Balaban J connectivity index is 1.26. The predicted octanol–water partition coefficient (Wildman–Crippen LogP) is 1.75. The molecule has 0 bridgehead atoms. The van der Waals surface area contributed by atoms with Crippen LogP contribution < -0.4 is 9.47 Å². The second kappa shape index (κ2) is 8.23. The van der Waals surface area contributed by atoms with Gasteiger partial charge in [0.25, 0.3) is 0 Å². The summed E-state index contributed by atoms with van der Waals surface area (Å²) >= 11 is 0. The minimum absolute atomic E-state index is 0.00170. The third-order valence-corrected chi connectivity index (χ3v) is 5.70. The molecule has 3 aliphatic rings. The molecule has 2 aliphatic heterocycles. The van der Waals surface area contributed by atoms with Gasteiger partial charge >= 0.3 is 5.97 Å². The monoisotopic (exact) mass is 401 g/mol. The molecule has 0 spiro atoms. The average Bonchev–Trinajstić information content (AvgIpc) is 3.00. The van der Waals surface area contributed by atoms with E-state index in [1.54, 1.807) is 18.2 Å². The van der Waals surface area contributed by atoms with Crippen molar-refractivity contribution in [1.82, 2.24) is 4.90 Å². The summed E-state index contributed by atoms with van der Waals surface area (Å²) in [4.78, 5) is 50.3. The van der Waals surface area contributed by atoms with Crippen LogP contribution in [0.15, 0.2) is 18.2 Å². The van der Waals surface area contributed by atoms with Crippen molar-refractivity contribution >= 4 is 23.6 Å². The molecule has 0 unspecified atom stereocenters. The van der Waals surface area contributed by atoms with E-state index >= 15 is 0 Å². The number of hydrogen-bond donors (Lipinski definition) is 0. The molecule has 1 aliphatic carbocycles. The molecular weight excluding hydrogens is 378 g/mol. The molecule has 1 aromatic carbocycles. The van der Waals surface area contributed by atoms with Gasteiger partial charge in [-0.25, -0.2) is 0 Å². The molecule has 1 aromatic rings. The summed E-state index contributed by atoms with van der Waals surface area (Å²) in [6, 6.07) is 4.80. The van der Waals surface area contributed by atoms with Crippen LogP contribution in [-0.4, -0.2) is 54.8 Å². The summed E-state index contributed by atoms with van der Waals surface area (Å²) in [6.07, 6.45) is 3.27. The Kier molecular flexibility index (Phi) is 5.51. The first-order valence-electron chi connectivity index (χ1n) is 9.98. The number of ether oxygens (including phenoxy) is 3. The molecule has 8 nitrogen and oxygen atoms in total. The van der Waals surface area contributed by atoms with E-state index in [-0.39, 0.29) is 42.4 Å². The molecule has 29 heavy (non-hydrogen) atoms. The highest BCUT2D eigenvalue weighted by molar-refractivity contribution is 6.05. The van der Waals surface area contributed by atoms with Crippen molar-refractivity contribution in [2.75, 3.05) is 26.4 Å². The van der Waals surface area contributed by atoms with E-state index in [4.69, 9.17) is 14.2 Å². The summed E-state index contributed by atoms with van der Waals surface area (Å²) in [5.41, 5.74) is 0.357. The Morgan fingerprint density at radius 1 is 1.00 bits per heavy atom. The first kappa shape index (κ1) is 19.4. The van der Waals surface area contributed by atoms with Crippen LogP contribution in [0.4, 0.5) is 0 Å². The number of nitrogens with zero attached hydrogens (tertiary/aromatic N) is 1. The maximum atomic E-state index is 12.4. The molecule has 1 saturated carbocycles. The quantitative estimate of drug-likeness (QED) is 0.407. The molecule has 0 N–H and O–H groups in total. The van der Waals surface area contributed by atoms with Gasteiger partial charge in [0.15, 0.2) is 23.9 Å². The Hall–Kier alpha value is -2.90. The molecule has 4 rings (SSSR count). The topological polar surface area (TPSA) is 99.2 Å². The molecular formula is C21H23NO7.